The van der Waals surface area contributed by atoms with Crippen LogP contribution < -0.4 is 0 Å². The van der Waals surface area contributed by atoms with Crippen LogP contribution in [0.4, 0.5) is 0 Å². The van der Waals surface area contributed by atoms with Gasteiger partial charge in [-0.15, -0.1) is 0 Å². The Morgan fingerprint density at radius 2 is 2.22 bits per heavy atom. The summed E-state index contributed by atoms with van der Waals surface area (Å²) in [6.45, 7) is 7.93. The van der Waals surface area contributed by atoms with E-state index in [1.54, 1.807) is 0 Å². The molecule has 0 aliphatic carbocycles. The standard InChI is InChI=1S/C9H15/c1-4-7-9(6-3)8-5-2/h5,7-8H,1,4,6H2,2-3H3/b8-5+,9-7+. The van der Waals surface area contributed by atoms with Crippen molar-refractivity contribution in [3.8, 4) is 0 Å². The van der Waals surface area contributed by atoms with Crippen LogP contribution in [0.25, 0.3) is 0 Å². The Labute approximate surface area is 58.3 Å². The zero-order valence-corrected chi connectivity index (χ0v) is 6.35. The van der Waals surface area contributed by atoms with Crippen LogP contribution in [0.5, 0.6) is 0 Å². The molecule has 0 aromatic heterocycles. The molecule has 0 spiro atoms. The molecule has 51 valence electrons. The molecule has 0 rings (SSSR count). The molecule has 9 heavy (non-hydrogen) atoms. The lowest BCUT2D eigenvalue weighted by molar-refractivity contribution is 1.12. The van der Waals surface area contributed by atoms with Crippen molar-refractivity contribution >= 4 is 0 Å². The molecule has 0 amide bonds. The van der Waals surface area contributed by atoms with E-state index in [1.807, 2.05) is 6.92 Å². The van der Waals surface area contributed by atoms with Crippen LogP contribution in [-0.2, 0) is 0 Å². The van der Waals surface area contributed by atoms with E-state index in [2.05, 4.69) is 32.1 Å². The molecule has 0 aliphatic rings. The first-order valence-corrected chi connectivity index (χ1v) is 3.46. The topological polar surface area (TPSA) is 0 Å². The SMILES string of the molecule is [CH2]C/C=C(/C=C/C)CC. The monoisotopic (exact) mass is 123 g/mol. The predicted molar refractivity (Wildman–Crippen MR) is 43.2 cm³/mol. The van der Waals surface area contributed by atoms with E-state index < -0.39 is 0 Å². The lowest BCUT2D eigenvalue weighted by Crippen LogP contribution is -1.72. The third-order valence-electron chi connectivity index (χ3n) is 1.20. The molecule has 0 heteroatoms. The van der Waals surface area contributed by atoms with Crippen LogP contribution in [0, 0.1) is 6.92 Å². The maximum absolute atomic E-state index is 3.75. The van der Waals surface area contributed by atoms with Gasteiger partial charge in [-0.25, -0.2) is 0 Å². The smallest absolute Gasteiger partial charge is 0.0311 e. The van der Waals surface area contributed by atoms with Crippen LogP contribution in [0.15, 0.2) is 23.8 Å². The molecule has 0 heterocycles. The molecular weight excluding hydrogens is 108 g/mol. The van der Waals surface area contributed by atoms with Crippen molar-refractivity contribution in [1.29, 1.82) is 0 Å². The molecule has 0 aromatic carbocycles. The maximum atomic E-state index is 3.75. The number of allylic oxidation sites excluding steroid dienone is 4. The summed E-state index contributed by atoms with van der Waals surface area (Å²) in [7, 11) is 0. The van der Waals surface area contributed by atoms with Crippen molar-refractivity contribution < 1.29 is 0 Å². The van der Waals surface area contributed by atoms with Gasteiger partial charge in [-0.3, -0.25) is 0 Å². The minimum Gasteiger partial charge on any atom is -0.0874 e. The molecule has 1 radical (unpaired) electrons. The second kappa shape index (κ2) is 5.61. The highest BCUT2D eigenvalue weighted by Gasteiger charge is 1.82. The van der Waals surface area contributed by atoms with Gasteiger partial charge in [-0.05, 0) is 26.7 Å². The first-order valence-electron chi connectivity index (χ1n) is 3.46. The molecule has 0 N–H and O–H groups in total. The molecule has 0 aliphatic heterocycles. The van der Waals surface area contributed by atoms with Gasteiger partial charge in [0.15, 0.2) is 0 Å². The van der Waals surface area contributed by atoms with Gasteiger partial charge in [0.2, 0.25) is 0 Å². The average Bonchev–Trinajstić information content (AvgIpc) is 1.88. The van der Waals surface area contributed by atoms with Crippen LogP contribution in [0.2, 0.25) is 0 Å². The van der Waals surface area contributed by atoms with Crippen molar-refractivity contribution in [1.82, 2.24) is 0 Å². The second-order valence-corrected chi connectivity index (χ2v) is 1.92. The Hall–Kier alpha value is -0.520. The van der Waals surface area contributed by atoms with Crippen LogP contribution in [0.3, 0.4) is 0 Å². The zero-order valence-electron chi connectivity index (χ0n) is 6.35. The Kier molecular flexibility index (Phi) is 5.29. The average molecular weight is 123 g/mol. The van der Waals surface area contributed by atoms with Crippen molar-refractivity contribution in [3.05, 3.63) is 30.7 Å². The largest absolute Gasteiger partial charge is 0.0874 e. The van der Waals surface area contributed by atoms with Gasteiger partial charge in [0.05, 0.1) is 0 Å². The van der Waals surface area contributed by atoms with Crippen molar-refractivity contribution in [3.63, 3.8) is 0 Å². The van der Waals surface area contributed by atoms with Gasteiger partial charge in [0, 0.05) is 0 Å². The molecule has 0 bridgehead atoms. The van der Waals surface area contributed by atoms with Gasteiger partial charge in [-0.2, -0.15) is 0 Å². The zero-order chi connectivity index (χ0) is 7.11. The Morgan fingerprint density at radius 1 is 1.56 bits per heavy atom. The summed E-state index contributed by atoms with van der Waals surface area (Å²) in [5.74, 6) is 0. The van der Waals surface area contributed by atoms with E-state index in [4.69, 9.17) is 0 Å². The summed E-state index contributed by atoms with van der Waals surface area (Å²) >= 11 is 0. The van der Waals surface area contributed by atoms with E-state index in [0.29, 0.717) is 0 Å². The highest BCUT2D eigenvalue weighted by atomic mass is 13.9. The summed E-state index contributed by atoms with van der Waals surface area (Å²) in [6, 6.07) is 0. The molecular formula is C9H15. The Balaban J connectivity index is 3.81. The predicted octanol–water partition coefficient (Wildman–Crippen LogP) is 3.12. The fourth-order valence-corrected chi connectivity index (χ4v) is 0.730. The highest BCUT2D eigenvalue weighted by molar-refractivity contribution is 5.17. The summed E-state index contributed by atoms with van der Waals surface area (Å²) in [4.78, 5) is 0. The molecule has 0 unspecified atom stereocenters. The van der Waals surface area contributed by atoms with E-state index >= 15 is 0 Å². The number of hydrogen-bond donors (Lipinski definition) is 0. The van der Waals surface area contributed by atoms with Gasteiger partial charge in [0.25, 0.3) is 0 Å². The molecule has 0 nitrogen and oxygen atoms in total. The van der Waals surface area contributed by atoms with Gasteiger partial charge in [-0.1, -0.05) is 30.7 Å². The van der Waals surface area contributed by atoms with E-state index in [9.17, 15) is 0 Å². The van der Waals surface area contributed by atoms with Crippen molar-refractivity contribution in [2.75, 3.05) is 0 Å². The quantitative estimate of drug-likeness (QED) is 0.506. The molecule has 0 saturated carbocycles. The van der Waals surface area contributed by atoms with E-state index in [1.165, 1.54) is 5.57 Å². The Morgan fingerprint density at radius 3 is 2.56 bits per heavy atom. The summed E-state index contributed by atoms with van der Waals surface area (Å²) in [5.41, 5.74) is 1.38. The third-order valence-corrected chi connectivity index (χ3v) is 1.20. The number of hydrogen-bond acceptors (Lipinski definition) is 0. The Bertz CT molecular complexity index is 107. The molecule has 0 fully saturated rings. The molecule has 0 atom stereocenters. The van der Waals surface area contributed by atoms with Gasteiger partial charge < -0.3 is 0 Å². The van der Waals surface area contributed by atoms with Crippen LogP contribution in [-0.4, -0.2) is 0 Å². The summed E-state index contributed by atoms with van der Waals surface area (Å²) in [5, 5.41) is 0. The maximum Gasteiger partial charge on any atom is -0.0311 e. The van der Waals surface area contributed by atoms with Crippen LogP contribution in [0.1, 0.15) is 26.7 Å². The summed E-state index contributed by atoms with van der Waals surface area (Å²) < 4.78 is 0. The van der Waals surface area contributed by atoms with Crippen molar-refractivity contribution in [2.24, 2.45) is 0 Å². The summed E-state index contributed by atoms with van der Waals surface area (Å²) in [6.07, 6.45) is 8.35. The fourth-order valence-electron chi connectivity index (χ4n) is 0.730. The molecule has 0 saturated heterocycles. The normalized spacial score (nSPS) is 13.0. The minimum absolute atomic E-state index is 0.896. The highest BCUT2D eigenvalue weighted by Crippen LogP contribution is 2.02. The van der Waals surface area contributed by atoms with Gasteiger partial charge in [0.1, 0.15) is 0 Å². The second-order valence-electron chi connectivity index (χ2n) is 1.92. The van der Waals surface area contributed by atoms with E-state index in [0.717, 1.165) is 12.8 Å². The lowest BCUT2D eigenvalue weighted by Gasteiger charge is -1.92. The van der Waals surface area contributed by atoms with Gasteiger partial charge >= 0.3 is 0 Å². The lowest BCUT2D eigenvalue weighted by atomic mass is 10.1. The molecule has 0 aromatic rings. The van der Waals surface area contributed by atoms with E-state index in [-0.39, 0.29) is 0 Å². The van der Waals surface area contributed by atoms with Crippen molar-refractivity contribution in [2.45, 2.75) is 26.7 Å². The first kappa shape index (κ1) is 8.48. The fraction of sp³-hybridized carbons (Fsp3) is 0.444. The first-order chi connectivity index (χ1) is 4.35. The third kappa shape index (κ3) is 4.01. The number of rotatable bonds is 3. The minimum atomic E-state index is 0.896. The van der Waals surface area contributed by atoms with Crippen LogP contribution >= 0.6 is 0 Å².